The van der Waals surface area contributed by atoms with Gasteiger partial charge in [0.25, 0.3) is 0 Å². The summed E-state index contributed by atoms with van der Waals surface area (Å²) in [6, 6.07) is 16.4. The second-order valence-electron chi connectivity index (χ2n) is 5.52. The van der Waals surface area contributed by atoms with Gasteiger partial charge in [-0.1, -0.05) is 30.3 Å². The van der Waals surface area contributed by atoms with Crippen LogP contribution >= 0.6 is 0 Å². The zero-order chi connectivity index (χ0) is 19.8. The third-order valence-electron chi connectivity index (χ3n) is 3.51. The minimum Gasteiger partial charge on any atom is -0.493 e. The Hall–Kier alpha value is -3.88. The van der Waals surface area contributed by atoms with E-state index in [0.29, 0.717) is 11.5 Å². The SMILES string of the molecule is COc1ccccc1OCC(=O)OCc1nc(N)nc(Nc2ccccc2)n1. The largest absolute Gasteiger partial charge is 0.493 e. The first-order valence-corrected chi connectivity index (χ1v) is 8.38. The maximum absolute atomic E-state index is 11.9. The molecular formula is C19H19N5O4. The molecule has 0 unspecified atom stereocenters. The molecule has 2 aromatic carbocycles. The number of nitrogens with two attached hydrogens (primary N) is 1. The Bertz CT molecular complexity index is 937. The highest BCUT2D eigenvalue weighted by Gasteiger charge is 2.11. The molecule has 9 heteroatoms. The molecule has 0 aliphatic rings. The number of carbonyl (C=O) groups excluding carboxylic acids is 1. The van der Waals surface area contributed by atoms with Crippen molar-refractivity contribution < 1.29 is 19.0 Å². The van der Waals surface area contributed by atoms with Gasteiger partial charge in [0.05, 0.1) is 7.11 Å². The number of carbonyl (C=O) groups is 1. The molecule has 0 aliphatic carbocycles. The topological polar surface area (TPSA) is 121 Å². The zero-order valence-electron chi connectivity index (χ0n) is 15.2. The van der Waals surface area contributed by atoms with Crippen LogP contribution in [0.1, 0.15) is 5.82 Å². The van der Waals surface area contributed by atoms with Crippen molar-refractivity contribution in [2.75, 3.05) is 24.8 Å². The van der Waals surface area contributed by atoms with Crippen molar-refractivity contribution in [1.82, 2.24) is 15.0 Å². The van der Waals surface area contributed by atoms with Crippen molar-refractivity contribution in [3.63, 3.8) is 0 Å². The Morgan fingerprint density at radius 3 is 2.46 bits per heavy atom. The minimum atomic E-state index is -0.581. The van der Waals surface area contributed by atoms with Crippen molar-refractivity contribution >= 4 is 23.6 Å². The second-order valence-corrected chi connectivity index (χ2v) is 5.52. The number of anilines is 3. The number of para-hydroxylation sites is 3. The molecule has 3 rings (SSSR count). The van der Waals surface area contributed by atoms with Gasteiger partial charge in [-0.3, -0.25) is 0 Å². The number of rotatable bonds is 8. The van der Waals surface area contributed by atoms with Crippen LogP contribution in [0, 0.1) is 0 Å². The number of ether oxygens (including phenoxy) is 3. The summed E-state index contributed by atoms with van der Waals surface area (Å²) in [5, 5.41) is 3.01. The van der Waals surface area contributed by atoms with E-state index in [1.807, 2.05) is 30.3 Å². The van der Waals surface area contributed by atoms with Crippen LogP contribution in [-0.2, 0) is 16.1 Å². The maximum atomic E-state index is 11.9. The number of nitrogens with zero attached hydrogens (tertiary/aromatic N) is 3. The molecule has 28 heavy (non-hydrogen) atoms. The molecule has 1 aromatic heterocycles. The van der Waals surface area contributed by atoms with Gasteiger partial charge in [0, 0.05) is 5.69 Å². The predicted octanol–water partition coefficient (Wildman–Crippen LogP) is 2.33. The number of esters is 1. The normalized spacial score (nSPS) is 10.2. The van der Waals surface area contributed by atoms with E-state index in [-0.39, 0.29) is 30.9 Å². The molecule has 3 aromatic rings. The predicted molar refractivity (Wildman–Crippen MR) is 102 cm³/mol. The average molecular weight is 381 g/mol. The van der Waals surface area contributed by atoms with Crippen molar-refractivity contribution in [3.05, 3.63) is 60.4 Å². The maximum Gasteiger partial charge on any atom is 0.344 e. The van der Waals surface area contributed by atoms with E-state index in [4.69, 9.17) is 19.9 Å². The molecule has 0 fully saturated rings. The van der Waals surface area contributed by atoms with E-state index in [1.165, 1.54) is 7.11 Å². The van der Waals surface area contributed by atoms with Crippen LogP contribution in [0.4, 0.5) is 17.6 Å². The van der Waals surface area contributed by atoms with Crippen molar-refractivity contribution in [3.8, 4) is 11.5 Å². The number of hydrogen-bond acceptors (Lipinski definition) is 9. The quantitative estimate of drug-likeness (QED) is 0.566. The first kappa shape index (κ1) is 18.9. The fourth-order valence-corrected chi connectivity index (χ4v) is 2.27. The Labute approximate surface area is 161 Å². The van der Waals surface area contributed by atoms with Gasteiger partial charge in [0.15, 0.2) is 30.5 Å². The highest BCUT2D eigenvalue weighted by molar-refractivity contribution is 5.71. The lowest BCUT2D eigenvalue weighted by Crippen LogP contribution is -2.16. The van der Waals surface area contributed by atoms with Crippen molar-refractivity contribution in [2.45, 2.75) is 6.61 Å². The molecule has 0 atom stereocenters. The van der Waals surface area contributed by atoms with Gasteiger partial charge in [-0.15, -0.1) is 0 Å². The zero-order valence-corrected chi connectivity index (χ0v) is 15.2. The molecule has 0 amide bonds. The number of methoxy groups -OCH3 is 1. The van der Waals surface area contributed by atoms with Crippen molar-refractivity contribution in [2.24, 2.45) is 0 Å². The Morgan fingerprint density at radius 1 is 1.00 bits per heavy atom. The van der Waals surface area contributed by atoms with Gasteiger partial charge in [0.2, 0.25) is 11.9 Å². The van der Waals surface area contributed by atoms with E-state index in [9.17, 15) is 4.79 Å². The molecule has 1 heterocycles. The molecule has 0 radical (unpaired) electrons. The summed E-state index contributed by atoms with van der Waals surface area (Å²) in [5.74, 6) is 0.886. The van der Waals surface area contributed by atoms with Gasteiger partial charge in [-0.05, 0) is 24.3 Å². The Balaban J connectivity index is 1.55. The number of benzene rings is 2. The summed E-state index contributed by atoms with van der Waals surface area (Å²) in [6.07, 6.45) is 0. The van der Waals surface area contributed by atoms with Crippen LogP contribution in [0.15, 0.2) is 54.6 Å². The highest BCUT2D eigenvalue weighted by atomic mass is 16.6. The molecule has 0 aliphatic heterocycles. The van der Waals surface area contributed by atoms with Gasteiger partial charge in [0.1, 0.15) is 0 Å². The van der Waals surface area contributed by atoms with Crippen LogP contribution < -0.4 is 20.5 Å². The number of aromatic nitrogens is 3. The lowest BCUT2D eigenvalue weighted by atomic mass is 10.3. The first-order valence-electron chi connectivity index (χ1n) is 8.38. The van der Waals surface area contributed by atoms with Crippen LogP contribution in [0.2, 0.25) is 0 Å². The first-order chi connectivity index (χ1) is 13.6. The van der Waals surface area contributed by atoms with Gasteiger partial charge < -0.3 is 25.3 Å². The number of hydrogen-bond donors (Lipinski definition) is 2. The molecular weight excluding hydrogens is 362 g/mol. The van der Waals surface area contributed by atoms with Crippen LogP contribution in [-0.4, -0.2) is 34.6 Å². The molecule has 0 spiro atoms. The summed E-state index contributed by atoms with van der Waals surface area (Å²) in [6.45, 7) is -0.444. The van der Waals surface area contributed by atoms with Crippen LogP contribution in [0.5, 0.6) is 11.5 Å². The van der Waals surface area contributed by atoms with Crippen molar-refractivity contribution in [1.29, 1.82) is 0 Å². The molecule has 3 N–H and O–H groups in total. The molecule has 0 saturated heterocycles. The van der Waals surface area contributed by atoms with E-state index in [0.717, 1.165) is 5.69 Å². The molecule has 0 bridgehead atoms. The fourth-order valence-electron chi connectivity index (χ4n) is 2.27. The van der Waals surface area contributed by atoms with Gasteiger partial charge in [-0.2, -0.15) is 15.0 Å². The smallest absolute Gasteiger partial charge is 0.344 e. The minimum absolute atomic E-state index is 0.0183. The Morgan fingerprint density at radius 2 is 1.71 bits per heavy atom. The fraction of sp³-hybridized carbons (Fsp3) is 0.158. The lowest BCUT2D eigenvalue weighted by molar-refractivity contribution is -0.147. The van der Waals surface area contributed by atoms with Gasteiger partial charge >= 0.3 is 5.97 Å². The summed E-state index contributed by atoms with van der Waals surface area (Å²) >= 11 is 0. The number of nitrogen functional groups attached to an aromatic ring is 1. The summed E-state index contributed by atoms with van der Waals surface area (Å²) in [7, 11) is 1.52. The third-order valence-corrected chi connectivity index (χ3v) is 3.51. The standard InChI is InChI=1S/C19H19N5O4/c1-26-14-9-5-6-10-15(14)27-12-17(25)28-11-16-22-18(20)24-19(23-16)21-13-7-3-2-4-8-13/h2-10H,11-12H2,1H3,(H3,20,21,22,23,24). The highest BCUT2D eigenvalue weighted by Crippen LogP contribution is 2.25. The third kappa shape index (κ3) is 5.31. The van der Waals surface area contributed by atoms with Crippen LogP contribution in [0.25, 0.3) is 0 Å². The molecule has 144 valence electrons. The molecule has 0 saturated carbocycles. The average Bonchev–Trinajstić information content (AvgIpc) is 2.71. The van der Waals surface area contributed by atoms with E-state index in [2.05, 4.69) is 20.3 Å². The lowest BCUT2D eigenvalue weighted by Gasteiger charge is -2.10. The summed E-state index contributed by atoms with van der Waals surface area (Å²) < 4.78 is 15.7. The van der Waals surface area contributed by atoms with E-state index >= 15 is 0 Å². The van der Waals surface area contributed by atoms with Gasteiger partial charge in [-0.25, -0.2) is 4.79 Å². The van der Waals surface area contributed by atoms with E-state index < -0.39 is 5.97 Å². The number of nitrogens with one attached hydrogen (secondary N) is 1. The molecule has 9 nitrogen and oxygen atoms in total. The van der Waals surface area contributed by atoms with E-state index in [1.54, 1.807) is 24.3 Å². The van der Waals surface area contributed by atoms with Crippen LogP contribution in [0.3, 0.4) is 0 Å². The second kappa shape index (κ2) is 9.17. The summed E-state index contributed by atoms with van der Waals surface area (Å²) in [5.41, 5.74) is 6.50. The summed E-state index contributed by atoms with van der Waals surface area (Å²) in [4.78, 5) is 24.1. The Kier molecular flexibility index (Phi) is 6.19. The monoisotopic (exact) mass is 381 g/mol.